The SMILES string of the molecule is COc1ccc(-n2cnc3c2NC(=O)C[C@H]3c2cccnc2)cc1. The van der Waals surface area contributed by atoms with E-state index >= 15 is 0 Å². The molecule has 4 rings (SSSR count). The van der Waals surface area contributed by atoms with Gasteiger partial charge < -0.3 is 10.1 Å². The van der Waals surface area contributed by atoms with Crippen molar-refractivity contribution >= 4 is 11.7 Å². The number of nitrogens with zero attached hydrogens (tertiary/aromatic N) is 3. The quantitative estimate of drug-likeness (QED) is 0.805. The van der Waals surface area contributed by atoms with Crippen LogP contribution in [0, 0.1) is 0 Å². The number of nitrogens with one attached hydrogen (secondary N) is 1. The summed E-state index contributed by atoms with van der Waals surface area (Å²) < 4.78 is 7.07. The summed E-state index contributed by atoms with van der Waals surface area (Å²) in [7, 11) is 1.63. The molecule has 1 aliphatic rings. The van der Waals surface area contributed by atoms with Gasteiger partial charge in [0, 0.05) is 30.4 Å². The first-order valence-electron chi connectivity index (χ1n) is 7.67. The van der Waals surface area contributed by atoms with Gasteiger partial charge in [-0.25, -0.2) is 4.98 Å². The zero-order valence-corrected chi connectivity index (χ0v) is 13.1. The molecule has 0 unspecified atom stereocenters. The van der Waals surface area contributed by atoms with E-state index < -0.39 is 0 Å². The first-order valence-corrected chi connectivity index (χ1v) is 7.67. The largest absolute Gasteiger partial charge is 0.497 e. The average Bonchev–Trinajstić information content (AvgIpc) is 3.05. The molecule has 0 spiro atoms. The number of aromatic nitrogens is 3. The molecule has 0 aliphatic carbocycles. The second-order valence-corrected chi connectivity index (χ2v) is 5.64. The van der Waals surface area contributed by atoms with Gasteiger partial charge in [0.2, 0.25) is 5.91 Å². The van der Waals surface area contributed by atoms with Gasteiger partial charge in [0.05, 0.1) is 12.8 Å². The van der Waals surface area contributed by atoms with Crippen molar-refractivity contribution in [2.45, 2.75) is 12.3 Å². The van der Waals surface area contributed by atoms with E-state index in [1.165, 1.54) is 0 Å². The number of ether oxygens (including phenoxy) is 1. The van der Waals surface area contributed by atoms with Crippen molar-refractivity contribution in [2.24, 2.45) is 0 Å². The van der Waals surface area contributed by atoms with Gasteiger partial charge in [0.15, 0.2) is 0 Å². The lowest BCUT2D eigenvalue weighted by Crippen LogP contribution is -2.24. The number of anilines is 1. The van der Waals surface area contributed by atoms with Crippen LogP contribution in [0.2, 0.25) is 0 Å². The smallest absolute Gasteiger partial charge is 0.226 e. The Morgan fingerprint density at radius 3 is 2.79 bits per heavy atom. The maximum Gasteiger partial charge on any atom is 0.226 e. The number of hydrogen-bond acceptors (Lipinski definition) is 4. The van der Waals surface area contributed by atoms with E-state index in [-0.39, 0.29) is 11.8 Å². The van der Waals surface area contributed by atoms with Crippen molar-refractivity contribution in [1.29, 1.82) is 0 Å². The number of rotatable bonds is 3. The summed E-state index contributed by atoms with van der Waals surface area (Å²) in [6.45, 7) is 0. The lowest BCUT2D eigenvalue weighted by atomic mass is 9.91. The van der Waals surface area contributed by atoms with Crippen molar-refractivity contribution in [3.05, 3.63) is 66.4 Å². The Morgan fingerprint density at radius 2 is 2.08 bits per heavy atom. The molecule has 1 atom stereocenters. The summed E-state index contributed by atoms with van der Waals surface area (Å²) in [4.78, 5) is 20.9. The molecule has 24 heavy (non-hydrogen) atoms. The first-order chi connectivity index (χ1) is 11.8. The van der Waals surface area contributed by atoms with E-state index in [4.69, 9.17) is 4.74 Å². The zero-order chi connectivity index (χ0) is 16.5. The van der Waals surface area contributed by atoms with Gasteiger partial charge in [-0.05, 0) is 35.9 Å². The van der Waals surface area contributed by atoms with E-state index in [0.29, 0.717) is 12.2 Å². The minimum atomic E-state index is -0.0815. The van der Waals surface area contributed by atoms with Crippen molar-refractivity contribution in [2.75, 3.05) is 12.4 Å². The molecule has 0 bridgehead atoms. The Hall–Kier alpha value is -3.15. The Morgan fingerprint density at radius 1 is 1.25 bits per heavy atom. The predicted molar refractivity (Wildman–Crippen MR) is 89.4 cm³/mol. The fourth-order valence-corrected chi connectivity index (χ4v) is 3.00. The first kappa shape index (κ1) is 14.4. The highest BCUT2D eigenvalue weighted by Crippen LogP contribution is 2.37. The molecule has 0 saturated carbocycles. The number of hydrogen-bond donors (Lipinski definition) is 1. The Kier molecular flexibility index (Phi) is 3.49. The van der Waals surface area contributed by atoms with Crippen LogP contribution < -0.4 is 10.1 Å². The minimum absolute atomic E-state index is 0.0217. The minimum Gasteiger partial charge on any atom is -0.497 e. The predicted octanol–water partition coefficient (Wildman–Crippen LogP) is 2.75. The number of pyridine rings is 1. The van der Waals surface area contributed by atoms with Crippen molar-refractivity contribution in [1.82, 2.24) is 14.5 Å². The van der Waals surface area contributed by atoms with Crippen LogP contribution in [0.3, 0.4) is 0 Å². The van der Waals surface area contributed by atoms with Crippen LogP contribution in [0.4, 0.5) is 5.82 Å². The molecular weight excluding hydrogens is 304 g/mol. The molecule has 6 heteroatoms. The Bertz CT molecular complexity index is 872. The maximum absolute atomic E-state index is 12.2. The van der Waals surface area contributed by atoms with Crippen LogP contribution >= 0.6 is 0 Å². The Balaban J connectivity index is 1.78. The van der Waals surface area contributed by atoms with Crippen molar-refractivity contribution in [3.63, 3.8) is 0 Å². The third kappa shape index (κ3) is 2.42. The molecule has 3 heterocycles. The summed E-state index contributed by atoms with van der Waals surface area (Å²) >= 11 is 0. The van der Waals surface area contributed by atoms with E-state index in [2.05, 4.69) is 15.3 Å². The van der Waals surface area contributed by atoms with Crippen LogP contribution in [0.1, 0.15) is 23.6 Å². The van der Waals surface area contributed by atoms with Gasteiger partial charge in [0.25, 0.3) is 0 Å². The number of imidazole rings is 1. The maximum atomic E-state index is 12.2. The molecule has 1 N–H and O–H groups in total. The fourth-order valence-electron chi connectivity index (χ4n) is 3.00. The molecule has 0 radical (unpaired) electrons. The van der Waals surface area contributed by atoms with Gasteiger partial charge in [-0.3, -0.25) is 14.3 Å². The summed E-state index contributed by atoms with van der Waals surface area (Å²) in [6, 6.07) is 11.5. The van der Waals surface area contributed by atoms with Crippen LogP contribution in [-0.4, -0.2) is 27.6 Å². The van der Waals surface area contributed by atoms with Gasteiger partial charge in [-0.2, -0.15) is 0 Å². The number of benzene rings is 1. The Labute approximate surface area is 139 Å². The molecular formula is C18H16N4O2. The number of carbonyl (C=O) groups excluding carboxylic acids is 1. The number of carbonyl (C=O) groups is 1. The van der Waals surface area contributed by atoms with Crippen LogP contribution in [-0.2, 0) is 4.79 Å². The number of fused-ring (bicyclic) bond motifs is 1. The topological polar surface area (TPSA) is 69.0 Å². The summed E-state index contributed by atoms with van der Waals surface area (Å²) in [5.74, 6) is 1.39. The summed E-state index contributed by atoms with van der Waals surface area (Å²) in [5.41, 5.74) is 2.77. The highest BCUT2D eigenvalue weighted by Gasteiger charge is 2.31. The lowest BCUT2D eigenvalue weighted by molar-refractivity contribution is -0.116. The third-order valence-electron chi connectivity index (χ3n) is 4.21. The lowest BCUT2D eigenvalue weighted by Gasteiger charge is -2.23. The van der Waals surface area contributed by atoms with Crippen molar-refractivity contribution in [3.8, 4) is 11.4 Å². The van der Waals surface area contributed by atoms with E-state index in [0.717, 1.165) is 22.7 Å². The van der Waals surface area contributed by atoms with Gasteiger partial charge in [0.1, 0.15) is 17.9 Å². The van der Waals surface area contributed by atoms with Crippen LogP contribution in [0.5, 0.6) is 5.75 Å². The fraction of sp³-hybridized carbons (Fsp3) is 0.167. The highest BCUT2D eigenvalue weighted by atomic mass is 16.5. The number of methoxy groups -OCH3 is 1. The van der Waals surface area contributed by atoms with Crippen LogP contribution in [0.15, 0.2) is 55.1 Å². The second kappa shape index (κ2) is 5.81. The van der Waals surface area contributed by atoms with Gasteiger partial charge in [-0.15, -0.1) is 0 Å². The van der Waals surface area contributed by atoms with Crippen molar-refractivity contribution < 1.29 is 9.53 Å². The summed E-state index contributed by atoms with van der Waals surface area (Å²) in [6.07, 6.45) is 5.63. The standard InChI is InChI=1S/C18H16N4O2/c1-24-14-6-4-13(5-7-14)22-11-20-17-15(9-16(23)21-18(17)22)12-3-2-8-19-10-12/h2-8,10-11,15H,9H2,1H3,(H,21,23)/t15-/m0/s1. The van der Waals surface area contributed by atoms with Gasteiger partial charge in [-0.1, -0.05) is 6.07 Å². The van der Waals surface area contributed by atoms with E-state index in [1.807, 2.05) is 41.0 Å². The molecule has 0 saturated heterocycles. The third-order valence-corrected chi connectivity index (χ3v) is 4.21. The molecule has 0 fully saturated rings. The molecule has 1 amide bonds. The van der Waals surface area contributed by atoms with Gasteiger partial charge >= 0.3 is 0 Å². The highest BCUT2D eigenvalue weighted by molar-refractivity contribution is 5.94. The second-order valence-electron chi connectivity index (χ2n) is 5.64. The molecule has 2 aromatic heterocycles. The molecule has 3 aromatic rings. The van der Waals surface area contributed by atoms with E-state index in [1.54, 1.807) is 25.8 Å². The average molecular weight is 320 g/mol. The summed E-state index contributed by atoms with van der Waals surface area (Å²) in [5, 5.41) is 2.95. The molecule has 6 nitrogen and oxygen atoms in total. The monoisotopic (exact) mass is 320 g/mol. The molecule has 1 aliphatic heterocycles. The number of amides is 1. The molecule has 1 aromatic carbocycles. The normalized spacial score (nSPS) is 16.4. The zero-order valence-electron chi connectivity index (χ0n) is 13.1. The molecule has 120 valence electrons. The van der Waals surface area contributed by atoms with E-state index in [9.17, 15) is 4.79 Å². The van der Waals surface area contributed by atoms with Crippen LogP contribution in [0.25, 0.3) is 5.69 Å².